The van der Waals surface area contributed by atoms with E-state index in [0.717, 1.165) is 22.9 Å². The van der Waals surface area contributed by atoms with Gasteiger partial charge in [0.1, 0.15) is 17.7 Å². The Morgan fingerprint density at radius 2 is 1.66 bits per heavy atom. The van der Waals surface area contributed by atoms with Crippen LogP contribution in [0.4, 0.5) is 19.3 Å². The molecule has 0 aliphatic carbocycles. The van der Waals surface area contributed by atoms with Crippen LogP contribution >= 0.6 is 0 Å². The predicted octanol–water partition coefficient (Wildman–Crippen LogP) is 3.55. The van der Waals surface area contributed by atoms with Crippen molar-refractivity contribution in [2.75, 3.05) is 11.4 Å². The molecule has 0 N–H and O–H groups in total. The van der Waals surface area contributed by atoms with Crippen LogP contribution in [0.2, 0.25) is 0 Å². The minimum absolute atomic E-state index is 0.107. The van der Waals surface area contributed by atoms with Gasteiger partial charge in [-0.05, 0) is 30.0 Å². The van der Waals surface area contributed by atoms with Gasteiger partial charge in [0.05, 0.1) is 17.8 Å². The van der Waals surface area contributed by atoms with Crippen molar-refractivity contribution < 1.29 is 23.2 Å². The number of hydrogen-bond acceptors (Lipinski definition) is 3. The molecule has 3 atom stereocenters. The summed E-state index contributed by atoms with van der Waals surface area (Å²) in [4.78, 5) is 44.0. The molecule has 160 valence electrons. The number of hydrogen-bond donors (Lipinski definition) is 0. The summed E-state index contributed by atoms with van der Waals surface area (Å²) in [6.07, 6.45) is 0.467. The Hall–Kier alpha value is -3.81. The van der Waals surface area contributed by atoms with E-state index in [1.54, 1.807) is 17.0 Å². The van der Waals surface area contributed by atoms with E-state index >= 15 is 0 Å². The molecule has 32 heavy (non-hydrogen) atoms. The van der Waals surface area contributed by atoms with Crippen LogP contribution in [0.25, 0.3) is 10.8 Å². The molecule has 6 rings (SSSR count). The minimum atomic E-state index is -0.839. The molecule has 3 heterocycles. The lowest BCUT2D eigenvalue weighted by molar-refractivity contribution is -0.121. The molecule has 3 saturated heterocycles. The van der Waals surface area contributed by atoms with Gasteiger partial charge in [-0.1, -0.05) is 36.4 Å². The number of amides is 4. The Labute approximate surface area is 181 Å². The molecule has 2 bridgehead atoms. The molecule has 3 aromatic rings. The van der Waals surface area contributed by atoms with E-state index in [4.69, 9.17) is 0 Å². The average molecular weight is 433 g/mol. The minimum Gasteiger partial charge on any atom is -0.331 e. The number of nitrogens with zero attached hydrogens (tertiary/aromatic N) is 3. The molecule has 4 amide bonds. The fourth-order valence-electron chi connectivity index (χ4n) is 5.36. The number of benzene rings is 3. The number of piperazine rings is 1. The second kappa shape index (κ2) is 6.59. The second-order valence-electron chi connectivity index (χ2n) is 8.38. The van der Waals surface area contributed by atoms with Crippen molar-refractivity contribution in [2.24, 2.45) is 0 Å². The Balaban J connectivity index is 1.35. The fourth-order valence-corrected chi connectivity index (χ4v) is 5.36. The number of fused-ring (bicyclic) bond motifs is 6. The van der Waals surface area contributed by atoms with Crippen molar-refractivity contribution in [1.82, 2.24) is 9.80 Å². The van der Waals surface area contributed by atoms with Crippen LogP contribution in [0.5, 0.6) is 0 Å². The van der Waals surface area contributed by atoms with Crippen LogP contribution in [-0.4, -0.2) is 52.3 Å². The van der Waals surface area contributed by atoms with Crippen LogP contribution in [0, 0.1) is 11.6 Å². The summed E-state index contributed by atoms with van der Waals surface area (Å²) in [5.41, 5.74) is 0.404. The number of halogens is 2. The van der Waals surface area contributed by atoms with Gasteiger partial charge in [-0.3, -0.25) is 9.59 Å². The zero-order chi connectivity index (χ0) is 22.1. The standard InChI is InChI=1S/C24H17F2N3O3/c25-15-8-14(9-16(26)10-15)22(30)27-12-17-11-20(27)21-23(31)29(24(32)28(17)21)19-7-3-5-13-4-1-2-6-18(13)19/h1-10,17,20-21H,11-12H2/t17?,20?,21-/m1/s1. The summed E-state index contributed by atoms with van der Waals surface area (Å²) in [5.74, 6) is -2.61. The SMILES string of the molecule is O=C1[C@H]2C3CC(CN3C(=O)c3cc(F)cc(F)c3)N2C(=O)N1c1cccc2ccccc12. The molecule has 3 fully saturated rings. The molecule has 0 saturated carbocycles. The lowest BCUT2D eigenvalue weighted by atomic mass is 10.1. The first kappa shape index (κ1) is 18.9. The van der Waals surface area contributed by atoms with E-state index in [1.807, 2.05) is 30.3 Å². The first-order chi connectivity index (χ1) is 15.4. The highest BCUT2D eigenvalue weighted by atomic mass is 19.1. The van der Waals surface area contributed by atoms with Crippen molar-refractivity contribution >= 4 is 34.3 Å². The summed E-state index contributed by atoms with van der Waals surface area (Å²) < 4.78 is 27.3. The van der Waals surface area contributed by atoms with E-state index in [0.29, 0.717) is 18.2 Å². The molecule has 3 aliphatic heterocycles. The lowest BCUT2D eigenvalue weighted by Crippen LogP contribution is -2.54. The van der Waals surface area contributed by atoms with Crippen LogP contribution in [0.3, 0.4) is 0 Å². The Morgan fingerprint density at radius 1 is 0.938 bits per heavy atom. The smallest absolute Gasteiger partial charge is 0.331 e. The van der Waals surface area contributed by atoms with E-state index in [1.165, 1.54) is 9.80 Å². The Morgan fingerprint density at radius 3 is 2.44 bits per heavy atom. The normalized spacial score (nSPS) is 24.1. The molecule has 0 spiro atoms. The molecule has 2 unspecified atom stereocenters. The highest BCUT2D eigenvalue weighted by molar-refractivity contribution is 6.25. The van der Waals surface area contributed by atoms with Crippen molar-refractivity contribution in [3.63, 3.8) is 0 Å². The summed E-state index contributed by atoms with van der Waals surface area (Å²) in [5, 5.41) is 1.69. The third-order valence-corrected chi connectivity index (χ3v) is 6.64. The van der Waals surface area contributed by atoms with Crippen LogP contribution in [-0.2, 0) is 4.79 Å². The monoisotopic (exact) mass is 433 g/mol. The van der Waals surface area contributed by atoms with Crippen molar-refractivity contribution in [3.8, 4) is 0 Å². The number of carbonyl (C=O) groups is 3. The number of anilines is 1. The zero-order valence-corrected chi connectivity index (χ0v) is 16.7. The van der Waals surface area contributed by atoms with Gasteiger partial charge in [0.2, 0.25) is 0 Å². The number of rotatable bonds is 2. The second-order valence-corrected chi connectivity index (χ2v) is 8.38. The van der Waals surface area contributed by atoms with Gasteiger partial charge in [-0.25, -0.2) is 18.5 Å². The van der Waals surface area contributed by atoms with E-state index < -0.39 is 35.7 Å². The zero-order valence-electron chi connectivity index (χ0n) is 16.7. The highest BCUT2D eigenvalue weighted by Gasteiger charge is 2.63. The average Bonchev–Trinajstić information content (AvgIpc) is 3.44. The van der Waals surface area contributed by atoms with Crippen LogP contribution in [0.15, 0.2) is 60.7 Å². The maximum atomic E-state index is 13.6. The largest absolute Gasteiger partial charge is 0.332 e. The molecule has 6 nitrogen and oxygen atoms in total. The summed E-state index contributed by atoms with van der Waals surface area (Å²) in [6.45, 7) is 0.223. The molecule has 3 aliphatic rings. The van der Waals surface area contributed by atoms with Crippen LogP contribution in [0.1, 0.15) is 16.8 Å². The van der Waals surface area contributed by atoms with E-state index in [9.17, 15) is 23.2 Å². The first-order valence-electron chi connectivity index (χ1n) is 10.3. The molecule has 3 aromatic carbocycles. The summed E-state index contributed by atoms with van der Waals surface area (Å²) >= 11 is 0. The van der Waals surface area contributed by atoms with Gasteiger partial charge in [-0.2, -0.15) is 0 Å². The molecule has 0 radical (unpaired) electrons. The maximum Gasteiger partial charge on any atom is 0.332 e. The molecule has 0 aromatic heterocycles. The van der Waals surface area contributed by atoms with Gasteiger partial charge >= 0.3 is 6.03 Å². The van der Waals surface area contributed by atoms with Crippen molar-refractivity contribution in [1.29, 1.82) is 0 Å². The number of carbonyl (C=O) groups excluding carboxylic acids is 3. The third kappa shape index (κ3) is 2.52. The first-order valence-corrected chi connectivity index (χ1v) is 10.3. The lowest BCUT2D eigenvalue weighted by Gasteiger charge is -2.34. The van der Waals surface area contributed by atoms with Gasteiger partial charge in [0, 0.05) is 23.6 Å². The van der Waals surface area contributed by atoms with E-state index in [2.05, 4.69) is 0 Å². The predicted molar refractivity (Wildman–Crippen MR) is 112 cm³/mol. The Kier molecular flexibility index (Phi) is 3.90. The van der Waals surface area contributed by atoms with Gasteiger partial charge in [0.25, 0.3) is 11.8 Å². The van der Waals surface area contributed by atoms with E-state index in [-0.39, 0.29) is 24.1 Å². The topological polar surface area (TPSA) is 60.9 Å². The number of likely N-dealkylation sites (tertiary alicyclic amines) is 1. The number of urea groups is 1. The van der Waals surface area contributed by atoms with Gasteiger partial charge in [-0.15, -0.1) is 0 Å². The summed E-state index contributed by atoms with van der Waals surface area (Å²) in [6, 6.07) is 13.6. The highest BCUT2D eigenvalue weighted by Crippen LogP contribution is 2.43. The Bertz CT molecular complexity index is 1300. The summed E-state index contributed by atoms with van der Waals surface area (Å²) in [7, 11) is 0. The molecular formula is C24H17F2N3O3. The van der Waals surface area contributed by atoms with Gasteiger partial charge in [0.15, 0.2) is 0 Å². The quantitative estimate of drug-likeness (QED) is 0.581. The molecular weight excluding hydrogens is 416 g/mol. The fraction of sp³-hybridized carbons (Fsp3) is 0.208. The van der Waals surface area contributed by atoms with Crippen molar-refractivity contribution in [2.45, 2.75) is 24.5 Å². The molecule has 8 heteroatoms. The number of imide groups is 1. The third-order valence-electron chi connectivity index (χ3n) is 6.64. The van der Waals surface area contributed by atoms with Crippen LogP contribution < -0.4 is 4.90 Å². The maximum absolute atomic E-state index is 13.6. The van der Waals surface area contributed by atoms with Gasteiger partial charge < -0.3 is 9.80 Å². The van der Waals surface area contributed by atoms with Crippen molar-refractivity contribution in [3.05, 3.63) is 77.9 Å².